The lowest BCUT2D eigenvalue weighted by Gasteiger charge is -2.06. The molecule has 8 heteroatoms. The molecule has 3 atom stereocenters. The van der Waals surface area contributed by atoms with Gasteiger partial charge in [-0.15, -0.1) is 0 Å². The van der Waals surface area contributed by atoms with Crippen molar-refractivity contribution in [3.63, 3.8) is 0 Å². The van der Waals surface area contributed by atoms with E-state index in [1.807, 2.05) is 13.8 Å². The van der Waals surface area contributed by atoms with Crippen LogP contribution >= 0.6 is 23.2 Å². The zero-order valence-electron chi connectivity index (χ0n) is 15.1. The first-order valence-electron chi connectivity index (χ1n) is 8.67. The molecule has 27 heavy (non-hydrogen) atoms. The van der Waals surface area contributed by atoms with Crippen LogP contribution in [0.15, 0.2) is 39.8 Å². The van der Waals surface area contributed by atoms with Gasteiger partial charge in [0.15, 0.2) is 9.84 Å². The lowest BCUT2D eigenvalue weighted by Crippen LogP contribution is -2.13. The van der Waals surface area contributed by atoms with Crippen molar-refractivity contribution in [1.82, 2.24) is 0 Å². The van der Waals surface area contributed by atoms with Gasteiger partial charge in [-0.05, 0) is 53.7 Å². The summed E-state index contributed by atoms with van der Waals surface area (Å²) in [5.74, 6) is 0.126. The number of halogens is 2. The van der Waals surface area contributed by atoms with Gasteiger partial charge < -0.3 is 4.74 Å². The molecule has 0 aromatic heterocycles. The van der Waals surface area contributed by atoms with Crippen LogP contribution in [-0.2, 0) is 14.6 Å². The Balaban J connectivity index is 1.58. The van der Waals surface area contributed by atoms with Crippen LogP contribution in [0.5, 0.6) is 5.75 Å². The molecular formula is C19H21Cl2NO4S. The van der Waals surface area contributed by atoms with Crippen LogP contribution in [0.1, 0.15) is 25.8 Å². The Kier molecular flexibility index (Phi) is 5.71. The van der Waals surface area contributed by atoms with Crippen LogP contribution in [0.25, 0.3) is 0 Å². The summed E-state index contributed by atoms with van der Waals surface area (Å²) in [5, 5.41) is 0. The molecule has 5 nitrogen and oxygen atoms in total. The van der Waals surface area contributed by atoms with E-state index < -0.39 is 9.84 Å². The van der Waals surface area contributed by atoms with Crippen LogP contribution in [0.4, 0.5) is 0 Å². The number of ether oxygens (including phenoxy) is 1. The third-order valence-electron chi connectivity index (χ3n) is 5.21. The average Bonchev–Trinajstić information content (AvgIpc) is 2.92. The van der Waals surface area contributed by atoms with Crippen molar-refractivity contribution in [3.05, 3.63) is 40.4 Å². The Labute approximate surface area is 169 Å². The molecule has 0 unspecified atom stereocenters. The Morgan fingerprint density at radius 3 is 2.48 bits per heavy atom. The van der Waals surface area contributed by atoms with Crippen LogP contribution in [0, 0.1) is 17.3 Å². The van der Waals surface area contributed by atoms with Crippen molar-refractivity contribution in [1.29, 1.82) is 0 Å². The SMILES string of the molecule is CC1(C)[C@H](C=C(Cl)Cl)[C@@H]1C(=O)Oc1ccc(C=N[C@H]2CCS(=O)(=O)C2)cc1. The fraction of sp³-hybridized carbons (Fsp3) is 0.474. The van der Waals surface area contributed by atoms with Gasteiger partial charge in [-0.3, -0.25) is 9.79 Å². The summed E-state index contributed by atoms with van der Waals surface area (Å²) in [5.41, 5.74) is 0.584. The molecule has 0 N–H and O–H groups in total. The summed E-state index contributed by atoms with van der Waals surface area (Å²) in [7, 11) is -2.94. The quantitative estimate of drug-likeness (QED) is 0.405. The number of rotatable bonds is 5. The van der Waals surface area contributed by atoms with Gasteiger partial charge in [0.05, 0.1) is 23.5 Å². The van der Waals surface area contributed by atoms with Crippen molar-refractivity contribution in [2.45, 2.75) is 26.3 Å². The Bertz CT molecular complexity index is 887. The minimum Gasteiger partial charge on any atom is -0.426 e. The van der Waals surface area contributed by atoms with Gasteiger partial charge in [-0.25, -0.2) is 8.42 Å². The number of carbonyl (C=O) groups is 1. The van der Waals surface area contributed by atoms with Crippen LogP contribution in [0.2, 0.25) is 0 Å². The lowest BCUT2D eigenvalue weighted by molar-refractivity contribution is -0.136. The molecule has 1 heterocycles. The van der Waals surface area contributed by atoms with E-state index in [9.17, 15) is 13.2 Å². The lowest BCUT2D eigenvalue weighted by atomic mass is 10.1. The van der Waals surface area contributed by atoms with Gasteiger partial charge in [0.2, 0.25) is 0 Å². The van der Waals surface area contributed by atoms with E-state index in [4.69, 9.17) is 27.9 Å². The second-order valence-corrected chi connectivity index (χ2v) is 10.8. The van der Waals surface area contributed by atoms with Crippen molar-refractivity contribution in [2.24, 2.45) is 22.2 Å². The molecule has 1 aromatic carbocycles. The summed E-state index contributed by atoms with van der Waals surface area (Å²) in [6.45, 7) is 3.94. The summed E-state index contributed by atoms with van der Waals surface area (Å²) in [6.07, 6.45) is 3.90. The number of allylic oxidation sites excluding steroid dienone is 1. The molecule has 1 aliphatic heterocycles. The molecular weight excluding hydrogens is 409 g/mol. The van der Waals surface area contributed by atoms with Gasteiger partial charge in [0.25, 0.3) is 0 Å². The Morgan fingerprint density at radius 2 is 1.93 bits per heavy atom. The van der Waals surface area contributed by atoms with Crippen LogP contribution in [0.3, 0.4) is 0 Å². The highest BCUT2D eigenvalue weighted by Crippen LogP contribution is 2.60. The third-order valence-corrected chi connectivity index (χ3v) is 7.21. The summed E-state index contributed by atoms with van der Waals surface area (Å²) >= 11 is 11.4. The zero-order valence-corrected chi connectivity index (χ0v) is 17.4. The fourth-order valence-electron chi connectivity index (χ4n) is 3.46. The standard InChI is InChI=1S/C19H21Cl2NO4S/c1-19(2)15(9-16(20)21)17(19)18(23)26-14-5-3-12(4-6-14)10-22-13-7-8-27(24,25)11-13/h3-6,9-10,13,15,17H,7-8,11H2,1-2H3/t13-,15+,17+/m0/s1. The highest BCUT2D eigenvalue weighted by molar-refractivity contribution is 7.91. The second-order valence-electron chi connectivity index (χ2n) is 7.61. The smallest absolute Gasteiger partial charge is 0.315 e. The van der Waals surface area contributed by atoms with Gasteiger partial charge in [-0.2, -0.15) is 0 Å². The number of nitrogens with zero attached hydrogens (tertiary/aromatic N) is 1. The average molecular weight is 430 g/mol. The molecule has 2 aliphatic rings. The maximum Gasteiger partial charge on any atom is 0.315 e. The number of aliphatic imine (C=N–C) groups is 1. The van der Waals surface area contributed by atoms with Crippen molar-refractivity contribution in [3.8, 4) is 5.75 Å². The number of esters is 1. The summed E-state index contributed by atoms with van der Waals surface area (Å²) in [6, 6.07) is 6.77. The number of hydrogen-bond acceptors (Lipinski definition) is 5. The van der Waals surface area contributed by atoms with E-state index >= 15 is 0 Å². The fourth-order valence-corrected chi connectivity index (χ4v) is 5.37. The maximum atomic E-state index is 12.4. The minimum absolute atomic E-state index is 0.0379. The molecule has 0 spiro atoms. The largest absolute Gasteiger partial charge is 0.426 e. The Hall–Kier alpha value is -1.37. The van der Waals surface area contributed by atoms with E-state index in [0.29, 0.717) is 12.2 Å². The number of sulfone groups is 1. The second kappa shape index (κ2) is 7.57. The highest BCUT2D eigenvalue weighted by atomic mass is 35.5. The molecule has 1 aromatic rings. The monoisotopic (exact) mass is 429 g/mol. The molecule has 0 radical (unpaired) electrons. The van der Waals surface area contributed by atoms with E-state index in [-0.39, 0.29) is 45.3 Å². The first kappa shape index (κ1) is 20.4. The van der Waals surface area contributed by atoms with Gasteiger partial charge in [-0.1, -0.05) is 37.0 Å². The number of benzene rings is 1. The zero-order chi connectivity index (χ0) is 19.8. The molecule has 146 valence electrons. The number of hydrogen-bond donors (Lipinski definition) is 0. The van der Waals surface area contributed by atoms with Crippen molar-refractivity contribution in [2.75, 3.05) is 11.5 Å². The van der Waals surface area contributed by atoms with Crippen LogP contribution < -0.4 is 4.74 Å². The first-order valence-corrected chi connectivity index (χ1v) is 11.2. The Morgan fingerprint density at radius 1 is 1.26 bits per heavy atom. The van der Waals surface area contributed by atoms with Gasteiger partial charge >= 0.3 is 5.97 Å². The number of carbonyl (C=O) groups excluding carboxylic acids is 1. The first-order chi connectivity index (χ1) is 12.6. The van der Waals surface area contributed by atoms with E-state index in [2.05, 4.69) is 4.99 Å². The molecule has 1 saturated heterocycles. The van der Waals surface area contributed by atoms with E-state index in [1.165, 1.54) is 0 Å². The molecule has 3 rings (SSSR count). The van der Waals surface area contributed by atoms with Crippen molar-refractivity contribution < 1.29 is 17.9 Å². The third kappa shape index (κ3) is 4.92. The van der Waals surface area contributed by atoms with E-state index in [0.717, 1.165) is 5.56 Å². The predicted octanol–water partition coefficient (Wildman–Crippen LogP) is 3.79. The normalized spacial score (nSPS) is 28.1. The summed E-state index contributed by atoms with van der Waals surface area (Å²) < 4.78 is 28.5. The topological polar surface area (TPSA) is 72.8 Å². The molecule has 1 saturated carbocycles. The van der Waals surface area contributed by atoms with Gasteiger partial charge in [0, 0.05) is 6.21 Å². The molecule has 1 aliphatic carbocycles. The highest BCUT2D eigenvalue weighted by Gasteiger charge is 2.61. The minimum atomic E-state index is -2.94. The molecule has 2 fully saturated rings. The van der Waals surface area contributed by atoms with E-state index in [1.54, 1.807) is 36.6 Å². The maximum absolute atomic E-state index is 12.4. The summed E-state index contributed by atoms with van der Waals surface area (Å²) in [4.78, 5) is 16.7. The van der Waals surface area contributed by atoms with Crippen LogP contribution in [-0.4, -0.2) is 38.1 Å². The molecule has 0 amide bonds. The van der Waals surface area contributed by atoms with Crippen molar-refractivity contribution >= 4 is 45.2 Å². The molecule has 0 bridgehead atoms. The predicted molar refractivity (Wildman–Crippen MR) is 107 cm³/mol. The van der Waals surface area contributed by atoms with Gasteiger partial charge in [0.1, 0.15) is 10.2 Å².